The minimum absolute atomic E-state index is 0.0251. The zero-order chi connectivity index (χ0) is 12.1. The van der Waals surface area contributed by atoms with Crippen molar-refractivity contribution in [3.8, 4) is 11.5 Å². The van der Waals surface area contributed by atoms with Crippen LogP contribution in [0.3, 0.4) is 0 Å². The molecule has 0 aliphatic rings. The molecule has 0 spiro atoms. The predicted octanol–water partition coefficient (Wildman–Crippen LogP) is 1.27. The lowest BCUT2D eigenvalue weighted by Gasteiger charge is -2.14. The second kappa shape index (κ2) is 5.37. The number of hydrogen-bond donors (Lipinski definition) is 3. The van der Waals surface area contributed by atoms with E-state index >= 15 is 0 Å². The number of ether oxygens (including phenoxy) is 1. The minimum Gasteiger partial charge on any atom is -0.504 e. The van der Waals surface area contributed by atoms with Crippen molar-refractivity contribution in [2.45, 2.75) is 18.9 Å². The molecule has 0 fully saturated rings. The summed E-state index contributed by atoms with van der Waals surface area (Å²) >= 11 is 0. The fraction of sp³-hybridized carbons (Fsp3) is 0.364. The Labute approximate surface area is 93.5 Å². The molecule has 5 nitrogen and oxygen atoms in total. The number of hydrogen-bond acceptors (Lipinski definition) is 4. The van der Waals surface area contributed by atoms with E-state index in [2.05, 4.69) is 0 Å². The van der Waals surface area contributed by atoms with Gasteiger partial charge in [-0.3, -0.25) is 4.79 Å². The first-order valence-corrected chi connectivity index (χ1v) is 4.89. The highest BCUT2D eigenvalue weighted by molar-refractivity contribution is 5.66. The zero-order valence-corrected chi connectivity index (χ0v) is 9.01. The summed E-state index contributed by atoms with van der Waals surface area (Å²) in [7, 11) is 1.45. The van der Waals surface area contributed by atoms with Crippen LogP contribution in [0.2, 0.25) is 0 Å². The molecule has 1 aromatic carbocycles. The van der Waals surface area contributed by atoms with Gasteiger partial charge in [0.05, 0.1) is 7.11 Å². The molecule has 1 unspecified atom stereocenters. The molecule has 0 amide bonds. The smallest absolute Gasteiger partial charge is 0.303 e. The average Bonchev–Trinajstić information content (AvgIpc) is 2.26. The molecule has 0 aliphatic carbocycles. The Morgan fingerprint density at radius 2 is 2.25 bits per heavy atom. The maximum absolute atomic E-state index is 10.4. The van der Waals surface area contributed by atoms with Gasteiger partial charge in [-0.1, -0.05) is 12.1 Å². The molecule has 1 atom stereocenters. The van der Waals surface area contributed by atoms with E-state index in [4.69, 9.17) is 15.6 Å². The molecule has 0 aromatic heterocycles. The van der Waals surface area contributed by atoms with Crippen LogP contribution in [-0.2, 0) is 4.79 Å². The maximum atomic E-state index is 10.4. The predicted molar refractivity (Wildman–Crippen MR) is 58.5 cm³/mol. The van der Waals surface area contributed by atoms with Crippen molar-refractivity contribution in [2.75, 3.05) is 7.11 Å². The highest BCUT2D eigenvalue weighted by atomic mass is 16.5. The topological polar surface area (TPSA) is 92.8 Å². The number of para-hydroxylation sites is 1. The molecule has 1 rings (SSSR count). The molecular weight excluding hydrogens is 210 g/mol. The molecule has 1 aromatic rings. The summed E-state index contributed by atoms with van der Waals surface area (Å²) in [5.74, 6) is -0.594. The molecule has 88 valence electrons. The lowest BCUT2D eigenvalue weighted by molar-refractivity contribution is -0.137. The lowest BCUT2D eigenvalue weighted by atomic mass is 10.0. The first-order chi connectivity index (χ1) is 7.56. The molecule has 0 saturated heterocycles. The Balaban J connectivity index is 2.82. The van der Waals surface area contributed by atoms with Gasteiger partial charge in [0, 0.05) is 18.0 Å². The number of carbonyl (C=O) groups is 1. The monoisotopic (exact) mass is 225 g/mol. The third-order valence-electron chi connectivity index (χ3n) is 2.32. The zero-order valence-electron chi connectivity index (χ0n) is 9.01. The van der Waals surface area contributed by atoms with Crippen LogP contribution in [0.4, 0.5) is 0 Å². The highest BCUT2D eigenvalue weighted by Crippen LogP contribution is 2.33. The lowest BCUT2D eigenvalue weighted by Crippen LogP contribution is -2.12. The molecule has 0 aliphatic heterocycles. The van der Waals surface area contributed by atoms with Crippen LogP contribution in [0.15, 0.2) is 18.2 Å². The molecule has 0 saturated carbocycles. The fourth-order valence-electron chi connectivity index (χ4n) is 1.44. The fourth-order valence-corrected chi connectivity index (χ4v) is 1.44. The van der Waals surface area contributed by atoms with Crippen molar-refractivity contribution < 1.29 is 19.7 Å². The first-order valence-electron chi connectivity index (χ1n) is 4.89. The van der Waals surface area contributed by atoms with Gasteiger partial charge in [-0.15, -0.1) is 0 Å². The van der Waals surface area contributed by atoms with E-state index in [9.17, 15) is 9.90 Å². The second-order valence-corrected chi connectivity index (χ2v) is 3.44. The van der Waals surface area contributed by atoms with Crippen molar-refractivity contribution in [1.29, 1.82) is 0 Å². The number of rotatable bonds is 5. The van der Waals surface area contributed by atoms with E-state index in [0.717, 1.165) is 0 Å². The molecule has 16 heavy (non-hydrogen) atoms. The van der Waals surface area contributed by atoms with Crippen LogP contribution in [0, 0.1) is 0 Å². The van der Waals surface area contributed by atoms with Crippen molar-refractivity contribution >= 4 is 5.97 Å². The highest BCUT2D eigenvalue weighted by Gasteiger charge is 2.15. The van der Waals surface area contributed by atoms with E-state index in [-0.39, 0.29) is 18.6 Å². The van der Waals surface area contributed by atoms with Gasteiger partial charge >= 0.3 is 5.97 Å². The number of carboxylic acids is 1. The number of aliphatic carboxylic acids is 1. The van der Waals surface area contributed by atoms with Crippen LogP contribution in [0.1, 0.15) is 24.4 Å². The molecule has 0 bridgehead atoms. The van der Waals surface area contributed by atoms with E-state index in [1.807, 2.05) is 0 Å². The van der Waals surface area contributed by atoms with Crippen LogP contribution in [0.5, 0.6) is 11.5 Å². The van der Waals surface area contributed by atoms with E-state index < -0.39 is 12.0 Å². The molecule has 0 radical (unpaired) electrons. The summed E-state index contributed by atoms with van der Waals surface area (Å²) in [4.78, 5) is 10.4. The Morgan fingerprint density at radius 1 is 1.56 bits per heavy atom. The number of nitrogens with two attached hydrogens (primary N) is 1. The third-order valence-corrected chi connectivity index (χ3v) is 2.32. The Morgan fingerprint density at radius 3 is 2.81 bits per heavy atom. The van der Waals surface area contributed by atoms with Gasteiger partial charge in [0.25, 0.3) is 0 Å². The number of phenols is 1. The number of carboxylic acid groups (broad SMARTS) is 1. The largest absolute Gasteiger partial charge is 0.504 e. The first kappa shape index (κ1) is 12.3. The molecule has 0 heterocycles. The van der Waals surface area contributed by atoms with Crippen molar-refractivity contribution in [3.63, 3.8) is 0 Å². The van der Waals surface area contributed by atoms with Crippen LogP contribution < -0.4 is 10.5 Å². The van der Waals surface area contributed by atoms with Gasteiger partial charge in [0.2, 0.25) is 0 Å². The van der Waals surface area contributed by atoms with Gasteiger partial charge in [0.1, 0.15) is 0 Å². The summed E-state index contributed by atoms with van der Waals surface area (Å²) in [5.41, 5.74) is 6.29. The Hall–Kier alpha value is -1.75. The molecule has 5 heteroatoms. The van der Waals surface area contributed by atoms with Crippen molar-refractivity contribution in [2.24, 2.45) is 5.73 Å². The van der Waals surface area contributed by atoms with Crippen LogP contribution >= 0.6 is 0 Å². The second-order valence-electron chi connectivity index (χ2n) is 3.44. The Kier molecular flexibility index (Phi) is 4.13. The van der Waals surface area contributed by atoms with E-state index in [1.165, 1.54) is 7.11 Å². The van der Waals surface area contributed by atoms with E-state index in [1.54, 1.807) is 18.2 Å². The number of aromatic hydroxyl groups is 1. The molecule has 4 N–H and O–H groups in total. The minimum atomic E-state index is -0.905. The van der Waals surface area contributed by atoms with Crippen LogP contribution in [-0.4, -0.2) is 23.3 Å². The van der Waals surface area contributed by atoms with Gasteiger partial charge in [-0.05, 0) is 12.5 Å². The summed E-state index contributed by atoms with van der Waals surface area (Å²) in [6, 6.07) is 4.47. The maximum Gasteiger partial charge on any atom is 0.303 e. The van der Waals surface area contributed by atoms with Gasteiger partial charge in [-0.2, -0.15) is 0 Å². The van der Waals surface area contributed by atoms with E-state index in [0.29, 0.717) is 11.3 Å². The quantitative estimate of drug-likeness (QED) is 0.701. The SMILES string of the molecule is COc1cccc(C(N)CCC(=O)O)c1O. The third kappa shape index (κ3) is 2.87. The number of benzene rings is 1. The normalized spacial score (nSPS) is 12.1. The van der Waals surface area contributed by atoms with Gasteiger partial charge in [-0.25, -0.2) is 0 Å². The average molecular weight is 225 g/mol. The van der Waals surface area contributed by atoms with Crippen molar-refractivity contribution in [1.82, 2.24) is 0 Å². The Bertz CT molecular complexity index is 378. The van der Waals surface area contributed by atoms with Crippen LogP contribution in [0.25, 0.3) is 0 Å². The van der Waals surface area contributed by atoms with Gasteiger partial charge < -0.3 is 20.7 Å². The standard InChI is InChI=1S/C11H15NO4/c1-16-9-4-2-3-7(11(9)15)8(12)5-6-10(13)14/h2-4,8,15H,5-6,12H2,1H3,(H,13,14). The summed E-state index contributed by atoms with van der Waals surface area (Å²) in [6.07, 6.45) is 0.244. The molecular formula is C11H15NO4. The summed E-state index contributed by atoms with van der Waals surface area (Å²) in [6.45, 7) is 0. The number of phenolic OH excluding ortho intramolecular Hbond substituents is 1. The summed E-state index contributed by atoms with van der Waals surface area (Å²) < 4.78 is 4.94. The van der Waals surface area contributed by atoms with Crippen molar-refractivity contribution in [3.05, 3.63) is 23.8 Å². The van der Waals surface area contributed by atoms with Gasteiger partial charge in [0.15, 0.2) is 11.5 Å². The summed E-state index contributed by atoms with van der Waals surface area (Å²) in [5, 5.41) is 18.3. The number of methoxy groups -OCH3 is 1.